The number of halogens is 5. The van der Waals surface area contributed by atoms with Gasteiger partial charge in [-0.05, 0) is 0 Å². The molecule has 0 amide bonds. The van der Waals surface area contributed by atoms with Crippen LogP contribution >= 0.6 is 0 Å². The van der Waals surface area contributed by atoms with Gasteiger partial charge in [-0.2, -0.15) is 0 Å². The van der Waals surface area contributed by atoms with Crippen LogP contribution in [0.5, 0.6) is 5.75 Å². The van der Waals surface area contributed by atoms with E-state index in [1.54, 1.807) is 0 Å². The van der Waals surface area contributed by atoms with Gasteiger partial charge in [0.15, 0.2) is 5.75 Å². The molecule has 100 valence electrons. The van der Waals surface area contributed by atoms with Crippen LogP contribution in [0.25, 0.3) is 0 Å². The first-order valence-corrected chi connectivity index (χ1v) is 4.07. The fourth-order valence-corrected chi connectivity index (χ4v) is 1.02. The third-order valence-electron chi connectivity index (χ3n) is 1.65. The Labute approximate surface area is 94.1 Å². The lowest BCUT2D eigenvalue weighted by atomic mass is 10.3. The highest BCUT2D eigenvalue weighted by molar-refractivity contribution is 5.39. The summed E-state index contributed by atoms with van der Waals surface area (Å²) >= 11 is 0. The Morgan fingerprint density at radius 2 is 1.94 bits per heavy atom. The van der Waals surface area contributed by atoms with Crippen molar-refractivity contribution < 1.29 is 31.6 Å². The summed E-state index contributed by atoms with van der Waals surface area (Å²) in [7, 11) is 0. The van der Waals surface area contributed by atoms with Gasteiger partial charge in [-0.15, -0.1) is 13.2 Å². The van der Waals surface area contributed by atoms with Gasteiger partial charge in [0, 0.05) is 0 Å². The number of aromatic nitrogens is 1. The molecule has 0 spiro atoms. The first-order chi connectivity index (χ1) is 8.11. The molecule has 1 aromatic rings. The Balaban J connectivity index is 3.40. The minimum absolute atomic E-state index is 0.00613. The molecule has 1 heterocycles. The van der Waals surface area contributed by atoms with Crippen LogP contribution in [0.4, 0.5) is 27.6 Å². The summed E-state index contributed by atoms with van der Waals surface area (Å²) in [6, 6.07) is -0.00613. The zero-order valence-corrected chi connectivity index (χ0v) is 8.12. The van der Waals surface area contributed by atoms with E-state index in [1.807, 2.05) is 0 Å². The fourth-order valence-electron chi connectivity index (χ4n) is 1.02. The zero-order chi connectivity index (χ0) is 14.1. The van der Waals surface area contributed by atoms with E-state index in [-0.39, 0.29) is 6.07 Å². The highest BCUT2D eigenvalue weighted by Gasteiger charge is 2.35. The van der Waals surface area contributed by atoms with Crippen LogP contribution in [-0.4, -0.2) is 16.3 Å². The maximum atomic E-state index is 12.3. The van der Waals surface area contributed by atoms with Crippen molar-refractivity contribution in [3.05, 3.63) is 32.2 Å². The summed E-state index contributed by atoms with van der Waals surface area (Å²) in [6.07, 6.45) is -8.81. The van der Waals surface area contributed by atoms with Crippen LogP contribution < -0.4 is 10.3 Å². The molecule has 11 heteroatoms. The number of H-pyrrole nitrogens is 1. The molecular formula is C7H3F5N2O4. The molecule has 0 aliphatic heterocycles. The second kappa shape index (κ2) is 4.58. The van der Waals surface area contributed by atoms with Gasteiger partial charge in [0.05, 0.1) is 11.0 Å². The number of aromatic amines is 1. The SMILES string of the molecule is O=c1[nH]c(C(F)F)c(OC(F)(F)F)cc1[N+](=O)[O-]. The maximum Gasteiger partial charge on any atom is 0.573 e. The first kappa shape index (κ1) is 13.9. The normalized spacial score (nSPS) is 11.7. The molecule has 1 rings (SSSR count). The van der Waals surface area contributed by atoms with E-state index in [0.717, 1.165) is 0 Å². The largest absolute Gasteiger partial charge is 0.573 e. The monoisotopic (exact) mass is 274 g/mol. The lowest BCUT2D eigenvalue weighted by Gasteiger charge is -2.11. The van der Waals surface area contributed by atoms with Crippen LogP contribution in [0, 0.1) is 10.1 Å². The molecule has 0 aromatic carbocycles. The fraction of sp³-hybridized carbons (Fsp3) is 0.286. The summed E-state index contributed by atoms with van der Waals surface area (Å²) in [5, 5.41) is 10.3. The van der Waals surface area contributed by atoms with Crippen LogP contribution in [0.2, 0.25) is 0 Å². The van der Waals surface area contributed by atoms with Crippen molar-refractivity contribution in [2.75, 3.05) is 0 Å². The Morgan fingerprint density at radius 3 is 2.33 bits per heavy atom. The van der Waals surface area contributed by atoms with E-state index in [0.29, 0.717) is 0 Å². The quantitative estimate of drug-likeness (QED) is 0.519. The number of nitrogens with one attached hydrogen (secondary N) is 1. The Morgan fingerprint density at radius 1 is 1.39 bits per heavy atom. The van der Waals surface area contributed by atoms with Crippen molar-refractivity contribution in [3.8, 4) is 5.75 Å². The van der Waals surface area contributed by atoms with Gasteiger partial charge in [-0.1, -0.05) is 0 Å². The second-order valence-corrected chi connectivity index (χ2v) is 2.87. The number of hydrogen-bond acceptors (Lipinski definition) is 4. The van der Waals surface area contributed by atoms with E-state index in [1.165, 1.54) is 4.98 Å². The molecule has 0 fully saturated rings. The van der Waals surface area contributed by atoms with E-state index in [2.05, 4.69) is 4.74 Å². The summed E-state index contributed by atoms with van der Waals surface area (Å²) in [4.78, 5) is 21.2. The average molecular weight is 274 g/mol. The molecule has 0 radical (unpaired) electrons. The van der Waals surface area contributed by atoms with Gasteiger partial charge in [-0.3, -0.25) is 14.9 Å². The molecule has 0 aliphatic rings. The Kier molecular flexibility index (Phi) is 3.53. The van der Waals surface area contributed by atoms with Crippen molar-refractivity contribution in [1.82, 2.24) is 4.98 Å². The van der Waals surface area contributed by atoms with Crippen LogP contribution in [0.3, 0.4) is 0 Å². The van der Waals surface area contributed by atoms with Crippen LogP contribution in [0.1, 0.15) is 12.1 Å². The van der Waals surface area contributed by atoms with Gasteiger partial charge in [0.2, 0.25) is 0 Å². The Bertz CT molecular complexity index is 524. The van der Waals surface area contributed by atoms with Gasteiger partial charge in [0.1, 0.15) is 5.69 Å². The van der Waals surface area contributed by atoms with Crippen molar-refractivity contribution in [2.45, 2.75) is 12.8 Å². The van der Waals surface area contributed by atoms with Crippen molar-refractivity contribution in [1.29, 1.82) is 0 Å². The number of nitro groups is 1. The molecule has 6 nitrogen and oxygen atoms in total. The zero-order valence-electron chi connectivity index (χ0n) is 8.12. The molecule has 1 N–H and O–H groups in total. The summed E-state index contributed by atoms with van der Waals surface area (Å²) < 4.78 is 63.5. The van der Waals surface area contributed by atoms with E-state index in [9.17, 15) is 36.9 Å². The van der Waals surface area contributed by atoms with E-state index < -0.39 is 40.4 Å². The maximum absolute atomic E-state index is 12.3. The smallest absolute Gasteiger partial charge is 0.403 e. The van der Waals surface area contributed by atoms with Gasteiger partial charge < -0.3 is 9.72 Å². The second-order valence-electron chi connectivity index (χ2n) is 2.87. The highest BCUT2D eigenvalue weighted by atomic mass is 19.4. The summed E-state index contributed by atoms with van der Waals surface area (Å²) in [5.74, 6) is -1.52. The average Bonchev–Trinajstić information content (AvgIpc) is 2.17. The molecule has 0 saturated carbocycles. The minimum Gasteiger partial charge on any atom is -0.403 e. The number of nitrogens with zero attached hydrogens (tertiary/aromatic N) is 1. The van der Waals surface area contributed by atoms with Crippen molar-refractivity contribution >= 4 is 5.69 Å². The number of rotatable bonds is 3. The number of ether oxygens (including phenoxy) is 1. The van der Waals surface area contributed by atoms with Crippen LogP contribution in [0.15, 0.2) is 10.9 Å². The van der Waals surface area contributed by atoms with Crippen molar-refractivity contribution in [3.63, 3.8) is 0 Å². The molecule has 0 atom stereocenters. The molecule has 18 heavy (non-hydrogen) atoms. The topological polar surface area (TPSA) is 85.2 Å². The lowest BCUT2D eigenvalue weighted by molar-refractivity contribution is -0.386. The molecule has 0 aliphatic carbocycles. The number of pyridine rings is 1. The number of alkyl halides is 5. The highest BCUT2D eigenvalue weighted by Crippen LogP contribution is 2.32. The predicted octanol–water partition coefficient (Wildman–Crippen LogP) is 2.12. The third-order valence-corrected chi connectivity index (χ3v) is 1.65. The summed E-state index contributed by atoms with van der Waals surface area (Å²) in [6.45, 7) is 0. The van der Waals surface area contributed by atoms with Crippen LogP contribution in [-0.2, 0) is 0 Å². The molecular weight excluding hydrogens is 271 g/mol. The molecule has 0 bridgehead atoms. The Hall–Kier alpha value is -2.20. The van der Waals surface area contributed by atoms with Gasteiger partial charge in [0.25, 0.3) is 6.43 Å². The molecule has 1 aromatic heterocycles. The lowest BCUT2D eigenvalue weighted by Crippen LogP contribution is -2.21. The predicted molar refractivity (Wildman–Crippen MR) is 45.4 cm³/mol. The standard InChI is InChI=1S/C7H3F5N2O4/c8-5(9)4-3(18-7(10,11)12)1-2(14(16)17)6(15)13-4/h1,5H,(H,13,15). The number of hydrogen-bond donors (Lipinski definition) is 1. The minimum atomic E-state index is -5.32. The molecule has 0 unspecified atom stereocenters. The van der Waals surface area contributed by atoms with Crippen molar-refractivity contribution in [2.24, 2.45) is 0 Å². The van der Waals surface area contributed by atoms with E-state index >= 15 is 0 Å². The van der Waals surface area contributed by atoms with Gasteiger partial charge in [-0.25, -0.2) is 8.78 Å². The van der Waals surface area contributed by atoms with E-state index in [4.69, 9.17) is 0 Å². The summed E-state index contributed by atoms with van der Waals surface area (Å²) in [5.41, 5.74) is -4.37. The van der Waals surface area contributed by atoms with Gasteiger partial charge >= 0.3 is 17.6 Å². The first-order valence-electron chi connectivity index (χ1n) is 4.07. The third kappa shape index (κ3) is 3.15. The molecule has 0 saturated heterocycles.